The van der Waals surface area contributed by atoms with Crippen LogP contribution in [-0.4, -0.2) is 26.9 Å². The highest BCUT2D eigenvalue weighted by atomic mass is 19.3. The van der Waals surface area contributed by atoms with Crippen LogP contribution >= 0.6 is 0 Å². The van der Waals surface area contributed by atoms with Crippen molar-refractivity contribution in [2.24, 2.45) is 0 Å². The number of hydrogen-bond donors (Lipinski definition) is 1. The Morgan fingerprint density at radius 2 is 2.17 bits per heavy atom. The molecule has 1 fully saturated rings. The van der Waals surface area contributed by atoms with Gasteiger partial charge in [0.15, 0.2) is 6.23 Å². The molecule has 1 saturated heterocycles. The largest absolute Gasteiger partial charge is 0.339 e. The van der Waals surface area contributed by atoms with Gasteiger partial charge in [-0.2, -0.15) is 4.94 Å². The molecule has 1 aliphatic heterocycles. The molecule has 0 radical (unpaired) electrons. The average molecular weight is 314 g/mol. The Balaban J connectivity index is 1.72. The Kier molecular flexibility index (Phi) is 3.24. The maximum Gasteiger partial charge on any atom is 0.244 e. The summed E-state index contributed by atoms with van der Waals surface area (Å²) in [5, 5.41) is 3.01. The zero-order valence-corrected chi connectivity index (χ0v) is 12.7. The van der Waals surface area contributed by atoms with Crippen LogP contribution in [-0.2, 0) is 9.68 Å². The van der Waals surface area contributed by atoms with E-state index in [-0.39, 0.29) is 0 Å². The van der Waals surface area contributed by atoms with Crippen molar-refractivity contribution in [3.8, 4) is 11.1 Å². The van der Waals surface area contributed by atoms with Gasteiger partial charge in [0.25, 0.3) is 0 Å². The molecule has 4 rings (SSSR count). The van der Waals surface area contributed by atoms with Crippen LogP contribution in [0, 0.1) is 13.8 Å². The number of ether oxygens (including phenoxy) is 1. The normalized spacial score (nSPS) is 20.0. The van der Waals surface area contributed by atoms with Crippen molar-refractivity contribution in [2.75, 3.05) is 5.32 Å². The summed E-state index contributed by atoms with van der Waals surface area (Å²) in [6.45, 7) is 3.99. The van der Waals surface area contributed by atoms with E-state index in [0.29, 0.717) is 5.82 Å². The third-order valence-corrected chi connectivity index (χ3v) is 4.03. The molecule has 2 atom stereocenters. The highest BCUT2D eigenvalue weighted by Crippen LogP contribution is 2.29. The fourth-order valence-corrected chi connectivity index (χ4v) is 2.63. The molecule has 3 aromatic rings. The summed E-state index contributed by atoms with van der Waals surface area (Å²) in [5.74, 6) is 0.648. The lowest BCUT2D eigenvalue weighted by Gasteiger charge is -2.06. The number of nitrogens with one attached hydrogen (secondary N) is 1. The topological polar surface area (TPSA) is 64.0 Å². The number of epoxide rings is 1. The van der Waals surface area contributed by atoms with Gasteiger partial charge in [-0.3, -0.25) is 4.98 Å². The lowest BCUT2D eigenvalue weighted by Crippen LogP contribution is -2.08. The van der Waals surface area contributed by atoms with E-state index in [1.54, 1.807) is 6.20 Å². The van der Waals surface area contributed by atoms with Crippen LogP contribution in [0.25, 0.3) is 16.8 Å². The monoisotopic (exact) mass is 314 g/mol. The van der Waals surface area contributed by atoms with Crippen molar-refractivity contribution < 1.29 is 14.2 Å². The second-order valence-corrected chi connectivity index (χ2v) is 5.54. The van der Waals surface area contributed by atoms with Gasteiger partial charge in [-0.15, -0.1) is 0 Å². The Morgan fingerprint density at radius 3 is 2.91 bits per heavy atom. The number of rotatable bonds is 4. The molecule has 118 valence electrons. The molecule has 1 unspecified atom stereocenters. The Bertz CT molecular complexity index is 880. The summed E-state index contributed by atoms with van der Waals surface area (Å²) in [4.78, 5) is 12.3. The first-order valence-corrected chi connectivity index (χ1v) is 7.26. The smallest absolute Gasteiger partial charge is 0.244 e. The van der Waals surface area contributed by atoms with Crippen molar-refractivity contribution in [3.05, 3.63) is 48.0 Å². The molecule has 3 aromatic heterocycles. The lowest BCUT2D eigenvalue weighted by molar-refractivity contribution is -0.174. The van der Waals surface area contributed by atoms with Gasteiger partial charge in [0.1, 0.15) is 11.5 Å². The minimum absolute atomic E-state index is 0.497. The number of fused-ring (bicyclic) bond motifs is 1. The zero-order valence-electron chi connectivity index (χ0n) is 12.7. The summed E-state index contributed by atoms with van der Waals surface area (Å²) >= 11 is 0. The van der Waals surface area contributed by atoms with Crippen molar-refractivity contribution in [1.82, 2.24) is 14.4 Å². The van der Waals surface area contributed by atoms with Crippen LogP contribution in [0.3, 0.4) is 0 Å². The summed E-state index contributed by atoms with van der Waals surface area (Å²) in [5.41, 5.74) is 5.01. The number of aryl methyl sites for hydroxylation is 2. The highest BCUT2D eigenvalue weighted by Gasteiger charge is 2.42. The number of pyridine rings is 2. The standard InChI is InChI=1S/C16H15FN4O2/c1-9-5-6-18-7-12(9)11-3-4-13-19-14(10(2)21(13)8-11)20-15-16(22-15)23-17/h3-8,15-16,20H,1-2H3/t15?,16-/m0/s1. The third kappa shape index (κ3) is 2.43. The molecule has 1 aliphatic rings. The third-order valence-electron chi connectivity index (χ3n) is 4.03. The summed E-state index contributed by atoms with van der Waals surface area (Å²) in [6.07, 6.45) is 4.30. The highest BCUT2D eigenvalue weighted by molar-refractivity contribution is 5.68. The minimum atomic E-state index is -0.854. The first kappa shape index (κ1) is 14.1. The van der Waals surface area contributed by atoms with Crippen molar-refractivity contribution in [1.29, 1.82) is 0 Å². The molecule has 0 amide bonds. The van der Waals surface area contributed by atoms with E-state index in [2.05, 4.69) is 27.1 Å². The van der Waals surface area contributed by atoms with Crippen molar-refractivity contribution >= 4 is 11.5 Å². The van der Waals surface area contributed by atoms with Gasteiger partial charge in [0.2, 0.25) is 6.29 Å². The number of aromatic nitrogens is 3. The molecular weight excluding hydrogens is 299 g/mol. The van der Waals surface area contributed by atoms with Crippen LogP contribution in [0.1, 0.15) is 11.3 Å². The molecule has 1 N–H and O–H groups in total. The second kappa shape index (κ2) is 5.29. The van der Waals surface area contributed by atoms with Crippen LogP contribution in [0.4, 0.5) is 10.3 Å². The molecule has 0 aromatic carbocycles. The fourth-order valence-electron chi connectivity index (χ4n) is 2.63. The Morgan fingerprint density at radius 1 is 1.30 bits per heavy atom. The van der Waals surface area contributed by atoms with Crippen LogP contribution in [0.5, 0.6) is 0 Å². The van der Waals surface area contributed by atoms with E-state index in [1.165, 1.54) is 0 Å². The number of anilines is 1. The van der Waals surface area contributed by atoms with Gasteiger partial charge in [-0.25, -0.2) is 4.98 Å². The number of hydrogen-bond acceptors (Lipinski definition) is 5. The molecule has 0 spiro atoms. The maximum atomic E-state index is 12.0. The van der Waals surface area contributed by atoms with Gasteiger partial charge >= 0.3 is 0 Å². The molecule has 7 heteroatoms. The average Bonchev–Trinajstić information content (AvgIpc) is 3.25. The maximum absolute atomic E-state index is 12.0. The van der Waals surface area contributed by atoms with Crippen molar-refractivity contribution in [3.63, 3.8) is 0 Å². The van der Waals surface area contributed by atoms with E-state index in [9.17, 15) is 4.53 Å². The summed E-state index contributed by atoms with van der Waals surface area (Å²) in [7, 11) is 0. The fraction of sp³-hybridized carbons (Fsp3) is 0.250. The molecule has 4 heterocycles. The lowest BCUT2D eigenvalue weighted by atomic mass is 10.1. The van der Waals surface area contributed by atoms with E-state index in [0.717, 1.165) is 28.0 Å². The van der Waals surface area contributed by atoms with Crippen LogP contribution in [0.15, 0.2) is 36.8 Å². The summed E-state index contributed by atoms with van der Waals surface area (Å²) < 4.78 is 19.0. The van der Waals surface area contributed by atoms with Crippen molar-refractivity contribution in [2.45, 2.75) is 26.4 Å². The first-order valence-electron chi connectivity index (χ1n) is 7.26. The Labute approximate surface area is 131 Å². The number of halogens is 1. The first-order chi connectivity index (χ1) is 11.2. The minimum Gasteiger partial charge on any atom is -0.339 e. The van der Waals surface area contributed by atoms with Gasteiger partial charge in [0, 0.05) is 29.7 Å². The van der Waals surface area contributed by atoms with Gasteiger partial charge in [-0.05, 0) is 42.1 Å². The molecule has 23 heavy (non-hydrogen) atoms. The second-order valence-electron chi connectivity index (χ2n) is 5.54. The predicted molar refractivity (Wildman–Crippen MR) is 82.4 cm³/mol. The molecule has 0 bridgehead atoms. The molecule has 0 saturated carbocycles. The molecule has 0 aliphatic carbocycles. The quantitative estimate of drug-likeness (QED) is 0.750. The summed E-state index contributed by atoms with van der Waals surface area (Å²) in [6, 6.07) is 5.93. The van der Waals surface area contributed by atoms with Crippen LogP contribution < -0.4 is 5.32 Å². The van der Waals surface area contributed by atoms with Gasteiger partial charge < -0.3 is 14.5 Å². The number of nitrogens with zero attached hydrogens (tertiary/aromatic N) is 3. The number of imidazole rings is 1. The van der Waals surface area contributed by atoms with E-state index >= 15 is 0 Å². The zero-order chi connectivity index (χ0) is 16.0. The Hall–Kier alpha value is -2.51. The van der Waals surface area contributed by atoms with E-state index in [4.69, 9.17) is 4.74 Å². The molecule has 6 nitrogen and oxygen atoms in total. The van der Waals surface area contributed by atoms with Crippen LogP contribution in [0.2, 0.25) is 0 Å². The van der Waals surface area contributed by atoms with E-state index < -0.39 is 12.5 Å². The van der Waals surface area contributed by atoms with Gasteiger partial charge in [0.05, 0.1) is 5.69 Å². The SMILES string of the molecule is Cc1ccncc1-c1ccc2nc(NC3O[C@H]3OF)c(C)n2c1. The predicted octanol–water partition coefficient (Wildman–Crippen LogP) is 3.01. The van der Waals surface area contributed by atoms with Gasteiger partial charge in [-0.1, -0.05) is 0 Å². The van der Waals surface area contributed by atoms with E-state index in [1.807, 2.05) is 41.9 Å². The molecular formula is C16H15FN4O2.